The van der Waals surface area contributed by atoms with Crippen molar-refractivity contribution in [1.29, 1.82) is 0 Å². The Hall–Kier alpha value is -1.90. The summed E-state index contributed by atoms with van der Waals surface area (Å²) in [5.41, 5.74) is -1.97. The number of nitrogens with one attached hydrogen (secondary N) is 1. The molecule has 0 amide bonds. The Kier molecular flexibility index (Phi) is 4.31. The summed E-state index contributed by atoms with van der Waals surface area (Å²) in [6, 6.07) is 2.15. The van der Waals surface area contributed by atoms with Gasteiger partial charge in [0.1, 0.15) is 23.6 Å². The fourth-order valence-electron chi connectivity index (χ4n) is 2.05. The van der Waals surface area contributed by atoms with E-state index >= 15 is 0 Å². The largest absolute Gasteiger partial charge is 0.487 e. The molecule has 0 bridgehead atoms. The molecule has 0 spiro atoms. The van der Waals surface area contributed by atoms with Gasteiger partial charge in [0.2, 0.25) is 0 Å². The maximum atomic E-state index is 13.6. The Labute approximate surface area is 117 Å². The standard InChI is InChI=1S/C12H12F4N2O3/c13-9-6-17-4-3-11(9)21-10-2-1-7(18(19)20)5-8(10)12(14,15)16/h1-2,5,9,11,17H,3-4,6H2. The summed E-state index contributed by atoms with van der Waals surface area (Å²) in [4.78, 5) is 9.63. The van der Waals surface area contributed by atoms with Gasteiger partial charge in [-0.05, 0) is 19.0 Å². The number of ether oxygens (including phenoxy) is 1. The zero-order valence-corrected chi connectivity index (χ0v) is 10.7. The second-order valence-corrected chi connectivity index (χ2v) is 4.60. The smallest absolute Gasteiger partial charge is 0.420 e. The van der Waals surface area contributed by atoms with Crippen molar-refractivity contribution in [3.63, 3.8) is 0 Å². The molecule has 0 aromatic heterocycles. The van der Waals surface area contributed by atoms with Crippen LogP contribution in [0.3, 0.4) is 0 Å². The zero-order chi connectivity index (χ0) is 15.6. The number of non-ortho nitro benzene ring substituents is 1. The van der Waals surface area contributed by atoms with E-state index in [1.54, 1.807) is 0 Å². The van der Waals surface area contributed by atoms with Crippen molar-refractivity contribution in [3.8, 4) is 5.75 Å². The number of nitrogens with zero attached hydrogens (tertiary/aromatic N) is 1. The molecule has 1 fully saturated rings. The second-order valence-electron chi connectivity index (χ2n) is 4.60. The molecule has 0 aliphatic carbocycles. The van der Waals surface area contributed by atoms with Crippen molar-refractivity contribution in [2.75, 3.05) is 13.1 Å². The first-order chi connectivity index (χ1) is 9.79. The zero-order valence-electron chi connectivity index (χ0n) is 10.7. The minimum Gasteiger partial charge on any atom is -0.487 e. The lowest BCUT2D eigenvalue weighted by atomic mass is 10.1. The second kappa shape index (κ2) is 5.84. The molecular weight excluding hydrogens is 296 g/mol. The third kappa shape index (κ3) is 3.60. The number of halogens is 4. The fourth-order valence-corrected chi connectivity index (χ4v) is 2.05. The molecule has 0 radical (unpaired) electrons. The van der Waals surface area contributed by atoms with Crippen LogP contribution in [0.15, 0.2) is 18.2 Å². The van der Waals surface area contributed by atoms with Gasteiger partial charge in [0, 0.05) is 18.7 Å². The first-order valence-electron chi connectivity index (χ1n) is 6.16. The van der Waals surface area contributed by atoms with Crippen LogP contribution in [0, 0.1) is 10.1 Å². The van der Waals surface area contributed by atoms with Crippen molar-refractivity contribution in [2.24, 2.45) is 0 Å². The van der Waals surface area contributed by atoms with E-state index in [-0.39, 0.29) is 13.0 Å². The molecule has 2 unspecified atom stereocenters. The van der Waals surface area contributed by atoms with Crippen LogP contribution in [-0.4, -0.2) is 30.3 Å². The van der Waals surface area contributed by atoms with Gasteiger partial charge >= 0.3 is 6.18 Å². The molecule has 21 heavy (non-hydrogen) atoms. The van der Waals surface area contributed by atoms with Crippen LogP contribution in [-0.2, 0) is 6.18 Å². The van der Waals surface area contributed by atoms with Gasteiger partial charge < -0.3 is 10.1 Å². The molecule has 116 valence electrons. The molecule has 1 N–H and O–H groups in total. The van der Waals surface area contributed by atoms with Gasteiger partial charge in [-0.2, -0.15) is 13.2 Å². The number of nitro benzene ring substituents is 1. The molecule has 1 aromatic rings. The quantitative estimate of drug-likeness (QED) is 0.530. The van der Waals surface area contributed by atoms with E-state index in [0.29, 0.717) is 12.6 Å². The highest BCUT2D eigenvalue weighted by Crippen LogP contribution is 2.39. The highest BCUT2D eigenvalue weighted by Gasteiger charge is 2.37. The molecule has 1 heterocycles. The Morgan fingerprint density at radius 1 is 1.38 bits per heavy atom. The van der Waals surface area contributed by atoms with Gasteiger partial charge in [0.15, 0.2) is 0 Å². The summed E-state index contributed by atoms with van der Waals surface area (Å²) in [6.45, 7) is 0.429. The normalized spacial score (nSPS) is 22.9. The Morgan fingerprint density at radius 3 is 2.67 bits per heavy atom. The third-order valence-electron chi connectivity index (χ3n) is 3.11. The third-order valence-corrected chi connectivity index (χ3v) is 3.11. The SMILES string of the molecule is O=[N+]([O-])c1ccc(OC2CCNCC2F)c(C(F)(F)F)c1. The molecule has 9 heteroatoms. The van der Waals surface area contributed by atoms with Gasteiger partial charge in [-0.1, -0.05) is 0 Å². The van der Waals surface area contributed by atoms with Gasteiger partial charge in [-0.3, -0.25) is 10.1 Å². The van der Waals surface area contributed by atoms with E-state index in [4.69, 9.17) is 4.74 Å². The van der Waals surface area contributed by atoms with E-state index in [9.17, 15) is 27.7 Å². The summed E-state index contributed by atoms with van der Waals surface area (Å²) in [7, 11) is 0. The molecule has 1 aromatic carbocycles. The minimum absolute atomic E-state index is 0.000993. The van der Waals surface area contributed by atoms with Crippen LogP contribution in [0.1, 0.15) is 12.0 Å². The minimum atomic E-state index is -4.82. The molecular formula is C12H12F4N2O3. The lowest BCUT2D eigenvalue weighted by Gasteiger charge is -2.28. The van der Waals surface area contributed by atoms with Crippen LogP contribution in [0.2, 0.25) is 0 Å². The number of benzene rings is 1. The molecule has 2 rings (SSSR count). The molecule has 1 aliphatic rings. The van der Waals surface area contributed by atoms with E-state index in [1.165, 1.54) is 0 Å². The van der Waals surface area contributed by atoms with Gasteiger partial charge in [-0.15, -0.1) is 0 Å². The van der Waals surface area contributed by atoms with Crippen LogP contribution in [0.25, 0.3) is 0 Å². The topological polar surface area (TPSA) is 64.4 Å². The highest BCUT2D eigenvalue weighted by molar-refractivity contribution is 5.45. The lowest BCUT2D eigenvalue weighted by molar-refractivity contribution is -0.385. The summed E-state index contributed by atoms with van der Waals surface area (Å²) >= 11 is 0. The van der Waals surface area contributed by atoms with Crippen LogP contribution >= 0.6 is 0 Å². The maximum Gasteiger partial charge on any atom is 0.420 e. The number of nitro groups is 1. The molecule has 1 saturated heterocycles. The first kappa shape index (κ1) is 15.5. The fraction of sp³-hybridized carbons (Fsp3) is 0.500. The number of piperidine rings is 1. The van der Waals surface area contributed by atoms with E-state index < -0.39 is 40.4 Å². The van der Waals surface area contributed by atoms with Gasteiger partial charge in [-0.25, -0.2) is 4.39 Å². The van der Waals surface area contributed by atoms with E-state index in [1.807, 2.05) is 0 Å². The van der Waals surface area contributed by atoms with E-state index in [0.717, 1.165) is 12.1 Å². The molecule has 5 nitrogen and oxygen atoms in total. The number of hydrogen-bond donors (Lipinski definition) is 1. The Bertz CT molecular complexity index is 536. The number of hydrogen-bond acceptors (Lipinski definition) is 4. The van der Waals surface area contributed by atoms with Crippen LogP contribution < -0.4 is 10.1 Å². The van der Waals surface area contributed by atoms with Crippen LogP contribution in [0.5, 0.6) is 5.75 Å². The predicted molar refractivity (Wildman–Crippen MR) is 64.9 cm³/mol. The predicted octanol–water partition coefficient (Wildman–Crippen LogP) is 2.69. The van der Waals surface area contributed by atoms with Crippen molar-refractivity contribution >= 4 is 5.69 Å². The molecule has 2 atom stereocenters. The monoisotopic (exact) mass is 308 g/mol. The number of rotatable bonds is 3. The van der Waals surface area contributed by atoms with Gasteiger partial charge in [0.25, 0.3) is 5.69 Å². The van der Waals surface area contributed by atoms with Crippen molar-refractivity contribution in [3.05, 3.63) is 33.9 Å². The Morgan fingerprint density at radius 2 is 2.10 bits per heavy atom. The number of alkyl halides is 4. The molecule has 0 saturated carbocycles. The van der Waals surface area contributed by atoms with Crippen molar-refractivity contribution in [1.82, 2.24) is 5.32 Å². The summed E-state index contributed by atoms with van der Waals surface area (Å²) in [5, 5.41) is 13.3. The summed E-state index contributed by atoms with van der Waals surface area (Å²) in [5.74, 6) is -0.595. The van der Waals surface area contributed by atoms with Crippen molar-refractivity contribution in [2.45, 2.75) is 24.9 Å². The van der Waals surface area contributed by atoms with Crippen LogP contribution in [0.4, 0.5) is 23.2 Å². The summed E-state index contributed by atoms with van der Waals surface area (Å²) in [6.07, 6.45) is -7.04. The average Bonchev–Trinajstić information content (AvgIpc) is 2.40. The first-order valence-corrected chi connectivity index (χ1v) is 6.16. The maximum absolute atomic E-state index is 13.6. The molecule has 1 aliphatic heterocycles. The Balaban J connectivity index is 2.31. The summed E-state index contributed by atoms with van der Waals surface area (Å²) < 4.78 is 57.5. The van der Waals surface area contributed by atoms with Crippen molar-refractivity contribution < 1.29 is 27.2 Å². The van der Waals surface area contributed by atoms with E-state index in [2.05, 4.69) is 5.32 Å². The highest BCUT2D eigenvalue weighted by atomic mass is 19.4. The lowest BCUT2D eigenvalue weighted by Crippen LogP contribution is -2.44. The van der Waals surface area contributed by atoms with Gasteiger partial charge in [0.05, 0.1) is 4.92 Å². The average molecular weight is 308 g/mol.